The topological polar surface area (TPSA) is 129 Å². The van der Waals surface area contributed by atoms with Crippen LogP contribution in [0.2, 0.25) is 0 Å². The van der Waals surface area contributed by atoms with Gasteiger partial charge in [0, 0.05) is 32.9 Å². The number of carbonyl (C=O) groups is 2. The molecule has 0 saturated heterocycles. The first-order valence-electron chi connectivity index (χ1n) is 14.4. The fourth-order valence-corrected chi connectivity index (χ4v) is 8.57. The number of aryl methyl sites for hydroxylation is 1. The molecular weight excluding hydrogens is 738 g/mol. The van der Waals surface area contributed by atoms with Crippen LogP contribution in [0.15, 0.2) is 150 Å². The molecule has 5 rings (SSSR count). The summed E-state index contributed by atoms with van der Waals surface area (Å²) in [6.07, 6.45) is 6.84. The average Bonchev–Trinajstić information content (AvgIpc) is 3.10. The first kappa shape index (κ1) is 41.8. The van der Waals surface area contributed by atoms with Gasteiger partial charge in [-0.05, 0) is 61.9 Å². The Morgan fingerprint density at radius 2 is 1.02 bits per heavy atom. The SMILES string of the molecule is CC(=O)O.OO.[C-]#CC[C@@H](C(=O)c1ccccc1)S(=O)(=O)c1ccc(C)cc1.[Pd].c1ccc([PH+](c2ccccc2)c2ccccc2)cc1. The van der Waals surface area contributed by atoms with Crippen molar-refractivity contribution >= 4 is 45.4 Å². The molecule has 3 N–H and O–H groups in total. The molecular formula is C38H37O7PPdS. The number of carboxylic acids is 1. The van der Waals surface area contributed by atoms with Crippen molar-refractivity contribution in [1.29, 1.82) is 0 Å². The van der Waals surface area contributed by atoms with E-state index in [4.69, 9.17) is 26.8 Å². The Morgan fingerprint density at radius 1 is 0.688 bits per heavy atom. The average molecular weight is 775 g/mol. The smallest absolute Gasteiger partial charge is 0.300 e. The number of aliphatic carboxylic acids is 1. The molecule has 0 bridgehead atoms. The van der Waals surface area contributed by atoms with Crippen LogP contribution in [-0.2, 0) is 35.1 Å². The number of carboxylic acid groups (broad SMARTS) is 1. The number of ketones is 1. The van der Waals surface area contributed by atoms with Gasteiger partial charge in [-0.25, -0.2) is 8.42 Å². The molecule has 0 heterocycles. The predicted molar refractivity (Wildman–Crippen MR) is 190 cm³/mol. The van der Waals surface area contributed by atoms with E-state index in [-0.39, 0.29) is 31.7 Å². The molecule has 0 spiro atoms. The molecule has 1 atom stereocenters. The van der Waals surface area contributed by atoms with Crippen LogP contribution in [-0.4, -0.2) is 41.0 Å². The van der Waals surface area contributed by atoms with E-state index in [0.717, 1.165) is 12.5 Å². The van der Waals surface area contributed by atoms with Crippen molar-refractivity contribution in [3.63, 3.8) is 0 Å². The third-order valence-corrected chi connectivity index (χ3v) is 11.3. The standard InChI is InChI=1S/C18H15O3S.C18H15P.C2H4O2.H2O2.Pd/c1-3-7-17(18(19)15-8-5-4-6-9-15)22(20,21)16-12-10-14(2)11-13-16;1-4-10-16(11-5-1)19(17-12-6-2-7-13-17)18-14-8-3-9-15-18;1-2(3)4;1-2;/h4-6,8-13,17H,7H2,2H3;1-15H;1H3,(H,3,4);1-2H;/q-1;;;;/p+1/t17-;;;;/m0..../s1. The second-order valence-electron chi connectivity index (χ2n) is 9.95. The minimum Gasteiger partial charge on any atom is -0.694 e. The summed E-state index contributed by atoms with van der Waals surface area (Å²) >= 11 is 0. The molecule has 7 nitrogen and oxygen atoms in total. The van der Waals surface area contributed by atoms with Crippen molar-refractivity contribution in [2.75, 3.05) is 0 Å². The van der Waals surface area contributed by atoms with E-state index in [0.29, 0.717) is 5.56 Å². The van der Waals surface area contributed by atoms with Crippen LogP contribution in [0.4, 0.5) is 0 Å². The maximum Gasteiger partial charge on any atom is 0.300 e. The summed E-state index contributed by atoms with van der Waals surface area (Å²) in [4.78, 5) is 21.6. The van der Waals surface area contributed by atoms with E-state index in [2.05, 4.69) is 96.9 Å². The summed E-state index contributed by atoms with van der Waals surface area (Å²) in [5.41, 5.74) is 1.25. The number of hydrogen-bond donors (Lipinski definition) is 3. The molecule has 252 valence electrons. The first-order valence-corrected chi connectivity index (χ1v) is 17.4. The van der Waals surface area contributed by atoms with Gasteiger partial charge in [-0.2, -0.15) is 0 Å². The van der Waals surface area contributed by atoms with Gasteiger partial charge in [0.25, 0.3) is 5.97 Å². The molecule has 48 heavy (non-hydrogen) atoms. The number of rotatable bonds is 8. The number of hydrogen-bond acceptors (Lipinski definition) is 6. The zero-order valence-corrected chi connectivity index (χ0v) is 29.7. The van der Waals surface area contributed by atoms with Crippen molar-refractivity contribution < 1.29 is 54.1 Å². The van der Waals surface area contributed by atoms with Crippen molar-refractivity contribution in [2.24, 2.45) is 0 Å². The van der Waals surface area contributed by atoms with Crippen molar-refractivity contribution in [3.05, 3.63) is 163 Å². The minimum absolute atomic E-state index is 0. The molecule has 0 aliphatic heterocycles. The summed E-state index contributed by atoms with van der Waals surface area (Å²) in [7, 11) is -4.74. The van der Waals surface area contributed by atoms with Gasteiger partial charge in [-0.15, -0.1) is 0 Å². The van der Waals surface area contributed by atoms with Crippen molar-refractivity contribution in [3.8, 4) is 5.92 Å². The monoisotopic (exact) mass is 774 g/mol. The van der Waals surface area contributed by atoms with E-state index < -0.39 is 34.8 Å². The predicted octanol–water partition coefficient (Wildman–Crippen LogP) is 6.28. The van der Waals surface area contributed by atoms with Crippen LogP contribution in [0.25, 0.3) is 0 Å². The first-order chi connectivity index (χ1) is 22.6. The number of Topliss-reactive ketones (excluding diaryl/α,β-unsaturated/α-hetero) is 1. The van der Waals surface area contributed by atoms with Crippen LogP contribution < -0.4 is 15.9 Å². The number of benzene rings is 5. The number of carbonyl (C=O) groups excluding carboxylic acids is 1. The van der Waals surface area contributed by atoms with Crippen LogP contribution in [0.1, 0.15) is 29.3 Å². The van der Waals surface area contributed by atoms with Crippen LogP contribution in [0.5, 0.6) is 0 Å². The molecule has 5 aromatic rings. The molecule has 0 fully saturated rings. The van der Waals surface area contributed by atoms with Gasteiger partial charge in [-0.3, -0.25) is 20.1 Å². The summed E-state index contributed by atoms with van der Waals surface area (Å²) < 4.78 is 25.4. The van der Waals surface area contributed by atoms with Gasteiger partial charge in [0.15, 0.2) is 15.6 Å². The van der Waals surface area contributed by atoms with Gasteiger partial charge in [0.2, 0.25) is 0 Å². The molecule has 0 amide bonds. The van der Waals surface area contributed by atoms with E-state index in [1.165, 1.54) is 28.0 Å². The quantitative estimate of drug-likeness (QED) is 0.0322. The normalized spacial score (nSPS) is 10.5. The number of sulfone groups is 1. The Bertz CT molecular complexity index is 1700. The summed E-state index contributed by atoms with van der Waals surface area (Å²) in [6, 6.07) is 47.1. The molecule has 0 aliphatic carbocycles. The van der Waals surface area contributed by atoms with Gasteiger partial charge in [0.05, 0.1) is 12.8 Å². The Balaban J connectivity index is 0.000000408. The second kappa shape index (κ2) is 22.4. The summed E-state index contributed by atoms with van der Waals surface area (Å²) in [5.74, 6) is 0.709. The van der Waals surface area contributed by atoms with E-state index in [1.54, 1.807) is 42.5 Å². The minimum atomic E-state index is -3.86. The summed E-state index contributed by atoms with van der Waals surface area (Å²) in [6.45, 7) is 2.94. The van der Waals surface area contributed by atoms with Gasteiger partial charge >= 0.3 is 0 Å². The summed E-state index contributed by atoms with van der Waals surface area (Å²) in [5, 5.41) is 22.4. The van der Waals surface area contributed by atoms with Gasteiger partial charge in [0.1, 0.15) is 21.2 Å². The zero-order chi connectivity index (χ0) is 34.7. The van der Waals surface area contributed by atoms with E-state index >= 15 is 0 Å². The van der Waals surface area contributed by atoms with E-state index in [1.807, 2.05) is 6.92 Å². The molecule has 10 heteroatoms. The molecule has 0 aromatic heterocycles. The molecule has 0 unspecified atom stereocenters. The fraction of sp³-hybridized carbons (Fsp3) is 0.105. The Morgan fingerprint density at radius 3 is 1.35 bits per heavy atom. The third-order valence-electron chi connectivity index (χ3n) is 6.55. The third kappa shape index (κ3) is 13.1. The fourth-order valence-electron chi connectivity index (χ4n) is 4.43. The molecule has 0 radical (unpaired) electrons. The van der Waals surface area contributed by atoms with Crippen molar-refractivity contribution in [2.45, 2.75) is 30.4 Å². The Hall–Kier alpha value is -4.24. The van der Waals surface area contributed by atoms with Gasteiger partial charge < -0.3 is 17.5 Å². The van der Waals surface area contributed by atoms with Gasteiger partial charge in [-0.1, -0.05) is 103 Å². The second-order valence-corrected chi connectivity index (χ2v) is 14.6. The Kier molecular flexibility index (Phi) is 19.5. The largest absolute Gasteiger partial charge is 0.694 e. The van der Waals surface area contributed by atoms with E-state index in [9.17, 15) is 13.2 Å². The van der Waals surface area contributed by atoms with Crippen LogP contribution >= 0.6 is 7.92 Å². The van der Waals surface area contributed by atoms with Crippen LogP contribution in [0.3, 0.4) is 0 Å². The molecule has 5 aromatic carbocycles. The van der Waals surface area contributed by atoms with Crippen LogP contribution in [0, 0.1) is 19.3 Å². The Labute approximate surface area is 297 Å². The molecule has 0 aliphatic rings. The zero-order valence-electron chi connectivity index (χ0n) is 26.3. The van der Waals surface area contributed by atoms with Crippen molar-refractivity contribution in [1.82, 2.24) is 0 Å². The molecule has 0 saturated carbocycles. The maximum absolute atomic E-state index is 12.7. The maximum atomic E-state index is 12.7.